The van der Waals surface area contributed by atoms with Gasteiger partial charge in [-0.3, -0.25) is 4.79 Å². The Hall–Kier alpha value is -2.35. The van der Waals surface area contributed by atoms with Gasteiger partial charge in [0.05, 0.1) is 11.3 Å². The number of anilines is 1. The first-order chi connectivity index (χ1) is 12.8. The molecule has 1 heterocycles. The van der Waals surface area contributed by atoms with Crippen LogP contribution in [0.5, 0.6) is 5.75 Å². The van der Waals surface area contributed by atoms with Crippen LogP contribution in [0.1, 0.15) is 5.56 Å². The van der Waals surface area contributed by atoms with Gasteiger partial charge in [-0.15, -0.1) is 11.8 Å². The van der Waals surface area contributed by atoms with Crippen LogP contribution in [-0.2, 0) is 11.0 Å². The van der Waals surface area contributed by atoms with E-state index in [0.717, 1.165) is 17.0 Å². The molecule has 0 spiro atoms. The van der Waals surface area contributed by atoms with Crippen molar-refractivity contribution in [3.8, 4) is 5.75 Å². The molecule has 2 aromatic rings. The normalized spacial score (nSPS) is 15.1. The Labute approximate surface area is 159 Å². The molecule has 27 heavy (non-hydrogen) atoms. The highest BCUT2D eigenvalue weighted by molar-refractivity contribution is 8.00. The standard InChI is InChI=1S/C19H19F3N2O2S/c20-19(21,22)14-2-1-3-15(12-14)23-8-10-24(11-9-23)18(26)13-27-17-6-4-16(25)5-7-17/h1-7,12,25H,8-11,13H2. The molecule has 0 saturated carbocycles. The third kappa shape index (κ3) is 5.09. The van der Waals surface area contributed by atoms with Gasteiger partial charge in [-0.2, -0.15) is 13.2 Å². The van der Waals surface area contributed by atoms with Crippen molar-refractivity contribution in [1.29, 1.82) is 0 Å². The summed E-state index contributed by atoms with van der Waals surface area (Å²) in [5.41, 5.74) is -0.140. The molecule has 0 atom stereocenters. The number of phenolic OH excluding ortho intramolecular Hbond substituents is 1. The minimum absolute atomic E-state index is 0.00299. The second-order valence-electron chi connectivity index (χ2n) is 6.20. The van der Waals surface area contributed by atoms with Gasteiger partial charge in [0, 0.05) is 36.8 Å². The number of aromatic hydroxyl groups is 1. The number of benzene rings is 2. The molecule has 144 valence electrons. The summed E-state index contributed by atoms with van der Waals surface area (Å²) in [5, 5.41) is 9.27. The van der Waals surface area contributed by atoms with Gasteiger partial charge in [0.1, 0.15) is 5.75 Å². The fourth-order valence-electron chi connectivity index (χ4n) is 2.87. The van der Waals surface area contributed by atoms with Gasteiger partial charge in [-0.25, -0.2) is 0 Å². The molecular formula is C19H19F3N2O2S. The number of rotatable bonds is 4. The molecule has 0 radical (unpaired) electrons. The van der Waals surface area contributed by atoms with Crippen LogP contribution >= 0.6 is 11.8 Å². The maximum atomic E-state index is 12.9. The van der Waals surface area contributed by atoms with Crippen LogP contribution in [0.3, 0.4) is 0 Å². The zero-order valence-electron chi connectivity index (χ0n) is 14.4. The van der Waals surface area contributed by atoms with Gasteiger partial charge in [-0.05, 0) is 42.5 Å². The van der Waals surface area contributed by atoms with Crippen molar-refractivity contribution in [3.63, 3.8) is 0 Å². The van der Waals surface area contributed by atoms with Crippen LogP contribution in [0.15, 0.2) is 53.4 Å². The first kappa shape index (κ1) is 19.4. The number of hydrogen-bond donors (Lipinski definition) is 1. The Morgan fingerprint density at radius 3 is 2.33 bits per heavy atom. The van der Waals surface area contributed by atoms with E-state index in [1.54, 1.807) is 35.2 Å². The number of halogens is 3. The van der Waals surface area contributed by atoms with E-state index in [2.05, 4.69) is 0 Å². The average Bonchev–Trinajstić information content (AvgIpc) is 2.67. The molecule has 0 unspecified atom stereocenters. The smallest absolute Gasteiger partial charge is 0.416 e. The van der Waals surface area contributed by atoms with Crippen molar-refractivity contribution in [1.82, 2.24) is 4.90 Å². The highest BCUT2D eigenvalue weighted by Gasteiger charge is 2.31. The summed E-state index contributed by atoms with van der Waals surface area (Å²) in [4.78, 5) is 16.8. The molecule has 2 aromatic carbocycles. The Bertz CT molecular complexity index is 788. The maximum absolute atomic E-state index is 12.9. The molecule has 1 amide bonds. The number of piperazine rings is 1. The van der Waals surface area contributed by atoms with Gasteiger partial charge in [0.2, 0.25) is 5.91 Å². The van der Waals surface area contributed by atoms with Gasteiger partial charge < -0.3 is 14.9 Å². The maximum Gasteiger partial charge on any atom is 0.416 e. The molecule has 0 aromatic heterocycles. The van der Waals surface area contributed by atoms with Crippen molar-refractivity contribution >= 4 is 23.4 Å². The van der Waals surface area contributed by atoms with E-state index in [1.165, 1.54) is 17.8 Å². The molecule has 0 bridgehead atoms. The number of thioether (sulfide) groups is 1. The Morgan fingerprint density at radius 2 is 1.70 bits per heavy atom. The molecule has 8 heteroatoms. The van der Waals surface area contributed by atoms with E-state index in [1.807, 2.05) is 4.90 Å². The Balaban J connectivity index is 1.52. The van der Waals surface area contributed by atoms with Crippen molar-refractivity contribution in [3.05, 3.63) is 54.1 Å². The van der Waals surface area contributed by atoms with E-state index in [-0.39, 0.29) is 17.4 Å². The largest absolute Gasteiger partial charge is 0.508 e. The SMILES string of the molecule is O=C(CSc1ccc(O)cc1)N1CCN(c2cccc(C(F)(F)F)c2)CC1. The predicted molar refractivity (Wildman–Crippen MR) is 99.1 cm³/mol. The van der Waals surface area contributed by atoms with Crippen LogP contribution in [0.25, 0.3) is 0 Å². The van der Waals surface area contributed by atoms with E-state index in [4.69, 9.17) is 0 Å². The van der Waals surface area contributed by atoms with Crippen LogP contribution < -0.4 is 4.90 Å². The molecular weight excluding hydrogens is 377 g/mol. The first-order valence-corrected chi connectivity index (χ1v) is 9.43. The number of carbonyl (C=O) groups is 1. The lowest BCUT2D eigenvalue weighted by molar-refractivity contribution is -0.137. The van der Waals surface area contributed by atoms with Gasteiger partial charge in [0.15, 0.2) is 0 Å². The highest BCUT2D eigenvalue weighted by Crippen LogP contribution is 2.32. The second-order valence-corrected chi connectivity index (χ2v) is 7.25. The fraction of sp³-hybridized carbons (Fsp3) is 0.316. The summed E-state index contributed by atoms with van der Waals surface area (Å²) in [6, 6.07) is 11.9. The fourth-order valence-corrected chi connectivity index (χ4v) is 3.67. The lowest BCUT2D eigenvalue weighted by atomic mass is 10.1. The van der Waals surface area contributed by atoms with E-state index in [0.29, 0.717) is 31.9 Å². The molecule has 1 saturated heterocycles. The molecule has 4 nitrogen and oxygen atoms in total. The number of nitrogens with zero attached hydrogens (tertiary/aromatic N) is 2. The van der Waals surface area contributed by atoms with Crippen LogP contribution in [0, 0.1) is 0 Å². The van der Waals surface area contributed by atoms with Gasteiger partial charge in [-0.1, -0.05) is 6.07 Å². The van der Waals surface area contributed by atoms with Gasteiger partial charge in [0.25, 0.3) is 0 Å². The zero-order valence-corrected chi connectivity index (χ0v) is 15.3. The molecule has 3 rings (SSSR count). The predicted octanol–water partition coefficient (Wildman–Crippen LogP) is 3.85. The number of amides is 1. The topological polar surface area (TPSA) is 43.8 Å². The zero-order chi connectivity index (χ0) is 19.4. The van der Waals surface area contributed by atoms with Crippen LogP contribution in [0.2, 0.25) is 0 Å². The van der Waals surface area contributed by atoms with Crippen LogP contribution in [-0.4, -0.2) is 47.8 Å². The highest BCUT2D eigenvalue weighted by atomic mass is 32.2. The second kappa shape index (κ2) is 8.12. The summed E-state index contributed by atoms with van der Waals surface area (Å²) >= 11 is 1.39. The van der Waals surface area contributed by atoms with E-state index < -0.39 is 11.7 Å². The molecule has 1 aliphatic heterocycles. The van der Waals surface area contributed by atoms with Crippen molar-refractivity contribution in [2.75, 3.05) is 36.8 Å². The molecule has 1 N–H and O–H groups in total. The third-order valence-electron chi connectivity index (χ3n) is 4.37. The first-order valence-electron chi connectivity index (χ1n) is 8.45. The number of carbonyl (C=O) groups excluding carboxylic acids is 1. The van der Waals surface area contributed by atoms with Gasteiger partial charge >= 0.3 is 6.18 Å². The molecule has 1 aliphatic rings. The summed E-state index contributed by atoms with van der Waals surface area (Å²) in [6.07, 6.45) is -4.36. The summed E-state index contributed by atoms with van der Waals surface area (Å²) < 4.78 is 38.6. The summed E-state index contributed by atoms with van der Waals surface area (Å²) in [6.45, 7) is 1.95. The lowest BCUT2D eigenvalue weighted by Crippen LogP contribution is -2.49. The van der Waals surface area contributed by atoms with Crippen LogP contribution in [0.4, 0.5) is 18.9 Å². The van der Waals surface area contributed by atoms with E-state index in [9.17, 15) is 23.1 Å². The Morgan fingerprint density at radius 1 is 1.04 bits per heavy atom. The lowest BCUT2D eigenvalue weighted by Gasteiger charge is -2.36. The number of hydrogen-bond acceptors (Lipinski definition) is 4. The van der Waals surface area contributed by atoms with Crippen molar-refractivity contribution < 1.29 is 23.1 Å². The third-order valence-corrected chi connectivity index (χ3v) is 5.37. The number of phenols is 1. The quantitative estimate of drug-likeness (QED) is 0.798. The summed E-state index contributed by atoms with van der Waals surface area (Å²) in [7, 11) is 0. The molecule has 1 fully saturated rings. The number of alkyl halides is 3. The average molecular weight is 396 g/mol. The van der Waals surface area contributed by atoms with Crippen molar-refractivity contribution in [2.24, 2.45) is 0 Å². The minimum Gasteiger partial charge on any atom is -0.508 e. The van der Waals surface area contributed by atoms with E-state index >= 15 is 0 Å². The monoisotopic (exact) mass is 396 g/mol. The Kier molecular flexibility index (Phi) is 5.84. The molecule has 0 aliphatic carbocycles. The summed E-state index contributed by atoms with van der Waals surface area (Å²) in [5.74, 6) is 0.460. The minimum atomic E-state index is -4.36. The van der Waals surface area contributed by atoms with Crippen molar-refractivity contribution in [2.45, 2.75) is 11.1 Å².